The van der Waals surface area contributed by atoms with E-state index in [-0.39, 0.29) is 30.3 Å². The van der Waals surface area contributed by atoms with E-state index in [1.165, 1.54) is 23.9 Å². The number of hydrogen-bond donors (Lipinski definition) is 3. The SMILES string of the molecule is Cc1ccc(S(=O)(=O)OCCOc2cccc(CSCC(NC(=O)[C@H](CCO)N=[N+]=[N-])C(=O)O)c2)cc1. The number of carbonyl (C=O) groups is 2. The number of ether oxygens (including phenoxy) is 1. The number of thioether (sulfide) groups is 1. The van der Waals surface area contributed by atoms with Crippen LogP contribution in [-0.4, -0.2) is 68.2 Å². The van der Waals surface area contributed by atoms with Gasteiger partial charge in [0.2, 0.25) is 5.91 Å². The molecule has 0 saturated heterocycles. The third kappa shape index (κ3) is 10.3. The monoisotopic (exact) mass is 552 g/mol. The van der Waals surface area contributed by atoms with Crippen LogP contribution >= 0.6 is 11.8 Å². The lowest BCUT2D eigenvalue weighted by atomic mass is 10.2. The van der Waals surface area contributed by atoms with Gasteiger partial charge in [0.05, 0.1) is 4.90 Å². The Kier molecular flexibility index (Phi) is 12.2. The highest BCUT2D eigenvalue weighted by Gasteiger charge is 2.24. The number of amides is 1. The summed E-state index contributed by atoms with van der Waals surface area (Å²) in [7, 11) is -3.88. The predicted octanol–water partition coefficient (Wildman–Crippen LogP) is 2.64. The number of carboxylic acid groups (broad SMARTS) is 1. The molecule has 0 radical (unpaired) electrons. The summed E-state index contributed by atoms with van der Waals surface area (Å²) in [5.74, 6) is -1.09. The van der Waals surface area contributed by atoms with Crippen LogP contribution in [0.25, 0.3) is 10.4 Å². The van der Waals surface area contributed by atoms with Crippen LogP contribution in [0.1, 0.15) is 17.5 Å². The van der Waals surface area contributed by atoms with Crippen LogP contribution in [0, 0.1) is 6.92 Å². The largest absolute Gasteiger partial charge is 0.491 e. The van der Waals surface area contributed by atoms with Crippen molar-refractivity contribution in [3.63, 3.8) is 0 Å². The molecular formula is C23H28N4O8S2. The third-order valence-electron chi connectivity index (χ3n) is 4.86. The van der Waals surface area contributed by atoms with E-state index in [1.54, 1.807) is 30.3 Å². The lowest BCUT2D eigenvalue weighted by Gasteiger charge is -2.17. The second-order valence-corrected chi connectivity index (χ2v) is 10.4. The summed E-state index contributed by atoms with van der Waals surface area (Å²) in [5.41, 5.74) is 10.3. The molecule has 0 aliphatic rings. The average Bonchev–Trinajstić information content (AvgIpc) is 2.86. The van der Waals surface area contributed by atoms with Crippen LogP contribution in [0.3, 0.4) is 0 Å². The number of carboxylic acids is 1. The lowest BCUT2D eigenvalue weighted by molar-refractivity contribution is -0.141. The maximum atomic E-state index is 12.2. The quantitative estimate of drug-likeness (QED) is 0.0924. The van der Waals surface area contributed by atoms with E-state index in [0.29, 0.717) is 11.5 Å². The molecule has 1 unspecified atom stereocenters. The van der Waals surface area contributed by atoms with Crippen molar-refractivity contribution in [2.45, 2.75) is 36.1 Å². The Morgan fingerprint density at radius 3 is 2.57 bits per heavy atom. The van der Waals surface area contributed by atoms with Crippen molar-refractivity contribution in [3.8, 4) is 5.75 Å². The first-order valence-corrected chi connectivity index (χ1v) is 13.7. The van der Waals surface area contributed by atoms with Gasteiger partial charge < -0.3 is 20.3 Å². The van der Waals surface area contributed by atoms with Crippen molar-refractivity contribution >= 4 is 33.8 Å². The summed E-state index contributed by atoms with van der Waals surface area (Å²) in [6.07, 6.45) is -0.120. The highest BCUT2D eigenvalue weighted by molar-refractivity contribution is 7.98. The summed E-state index contributed by atoms with van der Waals surface area (Å²) in [6.45, 7) is 1.28. The van der Waals surface area contributed by atoms with E-state index in [2.05, 4.69) is 15.3 Å². The number of benzene rings is 2. The van der Waals surface area contributed by atoms with Gasteiger partial charge in [0, 0.05) is 23.0 Å². The van der Waals surface area contributed by atoms with Crippen LogP contribution in [0.4, 0.5) is 0 Å². The number of aliphatic hydroxyl groups is 1. The van der Waals surface area contributed by atoms with Crippen LogP contribution in [0.5, 0.6) is 5.75 Å². The number of nitrogens with zero attached hydrogens (tertiary/aromatic N) is 3. The molecule has 1 amide bonds. The summed E-state index contributed by atoms with van der Waals surface area (Å²) >= 11 is 1.25. The molecular weight excluding hydrogens is 524 g/mol. The first-order valence-electron chi connectivity index (χ1n) is 11.1. The molecule has 3 N–H and O–H groups in total. The van der Waals surface area contributed by atoms with Gasteiger partial charge in [-0.05, 0) is 48.7 Å². The molecule has 0 saturated carbocycles. The molecule has 14 heteroatoms. The fourth-order valence-electron chi connectivity index (χ4n) is 2.96. The molecule has 37 heavy (non-hydrogen) atoms. The van der Waals surface area contributed by atoms with Gasteiger partial charge >= 0.3 is 5.97 Å². The molecule has 0 spiro atoms. The number of aliphatic carboxylic acids is 1. The molecule has 0 aliphatic heterocycles. The van der Waals surface area contributed by atoms with Crippen LogP contribution < -0.4 is 10.1 Å². The van der Waals surface area contributed by atoms with Gasteiger partial charge in [0.25, 0.3) is 10.1 Å². The zero-order valence-corrected chi connectivity index (χ0v) is 21.7. The van der Waals surface area contributed by atoms with Gasteiger partial charge in [-0.3, -0.25) is 8.98 Å². The molecule has 0 fully saturated rings. The van der Waals surface area contributed by atoms with E-state index < -0.39 is 40.7 Å². The Hall–Kier alpha value is -3.29. The summed E-state index contributed by atoms with van der Waals surface area (Å²) in [4.78, 5) is 26.3. The van der Waals surface area contributed by atoms with Gasteiger partial charge in [-0.25, -0.2) is 4.79 Å². The molecule has 12 nitrogen and oxygen atoms in total. The minimum absolute atomic E-state index is 0.00497. The van der Waals surface area contributed by atoms with Crippen molar-refractivity contribution in [2.24, 2.45) is 5.11 Å². The van der Waals surface area contributed by atoms with Crippen molar-refractivity contribution in [3.05, 3.63) is 70.1 Å². The fourth-order valence-corrected chi connectivity index (χ4v) is 4.85. The molecule has 2 atom stereocenters. The molecule has 0 aromatic heterocycles. The first-order chi connectivity index (χ1) is 17.7. The Morgan fingerprint density at radius 2 is 1.92 bits per heavy atom. The number of rotatable bonds is 16. The third-order valence-corrected chi connectivity index (χ3v) is 7.30. The maximum absolute atomic E-state index is 12.2. The van der Waals surface area contributed by atoms with Crippen molar-refractivity contribution in [2.75, 3.05) is 25.6 Å². The van der Waals surface area contributed by atoms with Gasteiger partial charge in [-0.1, -0.05) is 34.9 Å². The molecule has 2 rings (SSSR count). The smallest absolute Gasteiger partial charge is 0.327 e. The Bertz CT molecular complexity index is 1200. The normalized spacial score (nSPS) is 12.7. The topological polar surface area (TPSA) is 188 Å². The summed E-state index contributed by atoms with van der Waals surface area (Å²) < 4.78 is 35.0. The van der Waals surface area contributed by atoms with E-state index in [4.69, 9.17) is 19.6 Å². The van der Waals surface area contributed by atoms with Gasteiger partial charge in [0.15, 0.2) is 0 Å². The zero-order chi connectivity index (χ0) is 27.3. The van der Waals surface area contributed by atoms with Crippen molar-refractivity contribution in [1.29, 1.82) is 0 Å². The number of hydrogen-bond acceptors (Lipinski definition) is 9. The Balaban J connectivity index is 1.83. The van der Waals surface area contributed by atoms with Crippen molar-refractivity contribution < 1.29 is 37.1 Å². The number of azide groups is 1. The van der Waals surface area contributed by atoms with Crippen LogP contribution in [0.15, 0.2) is 58.5 Å². The highest BCUT2D eigenvalue weighted by atomic mass is 32.2. The minimum Gasteiger partial charge on any atom is -0.491 e. The fraction of sp³-hybridized carbons (Fsp3) is 0.391. The standard InChI is InChI=1S/C23H28N4O8S2/c1-16-5-7-19(8-6-16)37(32,33)35-12-11-34-18-4-2-3-17(13-18)14-36-15-21(23(30)31)25-22(29)20(9-10-28)26-27-24/h2-8,13,20-21,28H,9-12,14-15H2,1H3,(H,25,29)(H,30,31)/t20-,21?/m0/s1. The second kappa shape index (κ2) is 15.1. The maximum Gasteiger partial charge on any atom is 0.327 e. The molecule has 200 valence electrons. The zero-order valence-electron chi connectivity index (χ0n) is 20.0. The highest BCUT2D eigenvalue weighted by Crippen LogP contribution is 2.19. The van der Waals surface area contributed by atoms with E-state index >= 15 is 0 Å². The van der Waals surface area contributed by atoms with Crippen LogP contribution in [-0.2, 0) is 29.6 Å². The summed E-state index contributed by atoms with van der Waals surface area (Å²) in [5, 5.41) is 24.0. The molecule has 0 bridgehead atoms. The van der Waals surface area contributed by atoms with E-state index in [1.807, 2.05) is 13.0 Å². The molecule has 2 aromatic carbocycles. The van der Waals surface area contributed by atoms with Gasteiger partial charge in [-0.15, -0.1) is 0 Å². The van der Waals surface area contributed by atoms with Crippen molar-refractivity contribution in [1.82, 2.24) is 5.32 Å². The number of nitrogens with one attached hydrogen (secondary N) is 1. The molecule has 2 aromatic rings. The molecule has 0 aliphatic carbocycles. The minimum atomic E-state index is -3.88. The first kappa shape index (κ1) is 29.9. The van der Waals surface area contributed by atoms with E-state index in [9.17, 15) is 23.1 Å². The van der Waals surface area contributed by atoms with Gasteiger partial charge in [0.1, 0.15) is 31.0 Å². The number of aliphatic hydroxyl groups excluding tert-OH is 1. The Labute approximate surface area is 218 Å². The summed E-state index contributed by atoms with van der Waals surface area (Å²) in [6, 6.07) is 10.9. The number of carbonyl (C=O) groups excluding carboxylic acids is 1. The molecule has 0 heterocycles. The predicted molar refractivity (Wildman–Crippen MR) is 137 cm³/mol. The van der Waals surface area contributed by atoms with Crippen LogP contribution in [0.2, 0.25) is 0 Å². The second-order valence-electron chi connectivity index (χ2n) is 7.73. The average molecular weight is 553 g/mol. The Morgan fingerprint density at radius 1 is 1.19 bits per heavy atom. The number of aryl methyl sites for hydroxylation is 1. The van der Waals surface area contributed by atoms with Gasteiger partial charge in [-0.2, -0.15) is 20.2 Å². The lowest BCUT2D eigenvalue weighted by Crippen LogP contribution is -2.46. The van der Waals surface area contributed by atoms with E-state index in [0.717, 1.165) is 11.1 Å².